The summed E-state index contributed by atoms with van der Waals surface area (Å²) in [6.07, 6.45) is 6.42. The van der Waals surface area contributed by atoms with Crippen molar-refractivity contribution in [1.82, 2.24) is 15.0 Å². The highest BCUT2D eigenvalue weighted by molar-refractivity contribution is 7.88. The Kier molecular flexibility index (Phi) is 7.33. The minimum Gasteiger partial charge on any atom is -0.733 e. The summed E-state index contributed by atoms with van der Waals surface area (Å²) in [5.74, 6) is 0. The third kappa shape index (κ3) is 6.56. The molecule has 0 amide bonds. The summed E-state index contributed by atoms with van der Waals surface area (Å²) in [5, 5.41) is 24.2. The van der Waals surface area contributed by atoms with Crippen LogP contribution in [-0.2, 0) is 14.8 Å². The Hall–Kier alpha value is -2.86. The lowest BCUT2D eigenvalue weighted by Gasteiger charge is -2.30. The molecule has 0 saturated carbocycles. The van der Waals surface area contributed by atoms with Gasteiger partial charge in [-0.05, 0) is 36.8 Å². The third-order valence-corrected chi connectivity index (χ3v) is 5.40. The second-order valence-corrected chi connectivity index (χ2v) is 8.92. The van der Waals surface area contributed by atoms with Gasteiger partial charge in [0.1, 0.15) is 0 Å². The van der Waals surface area contributed by atoms with E-state index in [0.717, 1.165) is 17.5 Å². The molecule has 0 spiro atoms. The van der Waals surface area contributed by atoms with E-state index in [1.54, 1.807) is 30.4 Å². The zero-order chi connectivity index (χ0) is 22.4. The van der Waals surface area contributed by atoms with Gasteiger partial charge in [0, 0.05) is 24.4 Å². The summed E-state index contributed by atoms with van der Waals surface area (Å²) >= 11 is 0. The summed E-state index contributed by atoms with van der Waals surface area (Å²) in [6.45, 7) is 4.85. The molecule has 0 radical (unpaired) electrons. The molecule has 1 aromatic rings. The summed E-state index contributed by atoms with van der Waals surface area (Å²) in [5.41, 5.74) is 6.46. The standard InChI is InChI=1S/C20H26N5O5S/c1-15(24-8-10-30-11-9-24)20(23-31(2,28)29)13-17-14-21-22-19(17)7-6-16-4-3-5-18(12-16)25(26)27/h3-7,12-13,21,23,26H,8-11,14H2,1-2H3/q-1/b7-6+,17-13+,20-15-. The maximum Gasteiger partial charge on any atom is 0.229 e. The van der Waals surface area contributed by atoms with Crippen LogP contribution in [0.25, 0.3) is 6.08 Å². The third-order valence-electron chi connectivity index (χ3n) is 4.81. The molecule has 11 heteroatoms. The lowest BCUT2D eigenvalue weighted by Crippen LogP contribution is -2.37. The highest BCUT2D eigenvalue weighted by Crippen LogP contribution is 2.18. The molecular formula is C20H26N5O5S-. The Balaban J connectivity index is 1.87. The number of ether oxygens (including phenoxy) is 1. The number of benzene rings is 1. The van der Waals surface area contributed by atoms with E-state index >= 15 is 0 Å². The number of hydrazone groups is 1. The van der Waals surface area contributed by atoms with Gasteiger partial charge in [-0.2, -0.15) is 5.10 Å². The molecule has 168 valence electrons. The van der Waals surface area contributed by atoms with Crippen molar-refractivity contribution in [2.24, 2.45) is 5.10 Å². The van der Waals surface area contributed by atoms with Crippen LogP contribution in [0.1, 0.15) is 12.5 Å². The van der Waals surface area contributed by atoms with E-state index in [2.05, 4.69) is 20.1 Å². The SMILES string of the molecule is C/C(=C(\C=C1/CNN=C1/C=C/c1cccc(N([O-])O)c1)NS(C)(=O)=O)N1CCOCC1. The highest BCUT2D eigenvalue weighted by Gasteiger charge is 2.18. The van der Waals surface area contributed by atoms with E-state index in [-0.39, 0.29) is 10.9 Å². The number of sulfonamides is 1. The van der Waals surface area contributed by atoms with Crippen LogP contribution in [0.4, 0.5) is 5.69 Å². The molecule has 1 fully saturated rings. The van der Waals surface area contributed by atoms with Crippen molar-refractivity contribution in [3.05, 3.63) is 64.2 Å². The van der Waals surface area contributed by atoms with Gasteiger partial charge in [-0.15, -0.1) is 0 Å². The van der Waals surface area contributed by atoms with Crippen LogP contribution >= 0.6 is 0 Å². The molecule has 31 heavy (non-hydrogen) atoms. The molecule has 3 rings (SSSR count). The van der Waals surface area contributed by atoms with E-state index in [1.807, 2.05) is 6.92 Å². The van der Waals surface area contributed by atoms with Crippen molar-refractivity contribution in [3.8, 4) is 0 Å². The quantitative estimate of drug-likeness (QED) is 0.534. The lowest BCUT2D eigenvalue weighted by atomic mass is 10.1. The summed E-state index contributed by atoms with van der Waals surface area (Å²) in [4.78, 5) is 2.08. The van der Waals surface area contributed by atoms with Crippen LogP contribution in [0.3, 0.4) is 0 Å². The minimum absolute atomic E-state index is 0.119. The van der Waals surface area contributed by atoms with Crippen LogP contribution in [0, 0.1) is 5.21 Å². The topological polar surface area (TPSA) is 130 Å². The van der Waals surface area contributed by atoms with Crippen molar-refractivity contribution in [1.29, 1.82) is 0 Å². The van der Waals surface area contributed by atoms with Crippen molar-refractivity contribution in [2.45, 2.75) is 6.92 Å². The average molecular weight is 449 g/mol. The largest absolute Gasteiger partial charge is 0.733 e. The van der Waals surface area contributed by atoms with Crippen LogP contribution < -0.4 is 15.4 Å². The van der Waals surface area contributed by atoms with Gasteiger partial charge in [0.2, 0.25) is 10.0 Å². The van der Waals surface area contributed by atoms with Crippen LogP contribution in [-0.4, -0.2) is 63.3 Å². The predicted molar refractivity (Wildman–Crippen MR) is 120 cm³/mol. The van der Waals surface area contributed by atoms with Gasteiger partial charge in [0.05, 0.1) is 43.1 Å². The molecule has 2 aliphatic heterocycles. The maximum absolute atomic E-state index is 12.0. The molecule has 10 nitrogen and oxygen atoms in total. The molecule has 0 unspecified atom stereocenters. The smallest absolute Gasteiger partial charge is 0.229 e. The first-order chi connectivity index (χ1) is 14.7. The molecule has 3 N–H and O–H groups in total. The molecule has 0 atom stereocenters. The Morgan fingerprint density at radius 1 is 1.35 bits per heavy atom. The zero-order valence-corrected chi connectivity index (χ0v) is 18.2. The van der Waals surface area contributed by atoms with Crippen LogP contribution in [0.2, 0.25) is 0 Å². The van der Waals surface area contributed by atoms with Gasteiger partial charge in [-0.3, -0.25) is 9.93 Å². The van der Waals surface area contributed by atoms with E-state index in [0.29, 0.717) is 49.8 Å². The number of anilines is 1. The van der Waals surface area contributed by atoms with Gasteiger partial charge < -0.3 is 25.5 Å². The number of nitrogens with one attached hydrogen (secondary N) is 2. The zero-order valence-electron chi connectivity index (χ0n) is 17.4. The fourth-order valence-electron chi connectivity index (χ4n) is 3.21. The molecule has 0 bridgehead atoms. The Morgan fingerprint density at radius 2 is 2.10 bits per heavy atom. The molecule has 2 aliphatic rings. The number of nitrogens with zero attached hydrogens (tertiary/aromatic N) is 3. The Labute approximate surface area is 181 Å². The summed E-state index contributed by atoms with van der Waals surface area (Å²) in [6, 6.07) is 6.47. The van der Waals surface area contributed by atoms with Crippen molar-refractivity contribution >= 4 is 27.5 Å². The Morgan fingerprint density at radius 3 is 2.77 bits per heavy atom. The van der Waals surface area contributed by atoms with Gasteiger partial charge >= 0.3 is 0 Å². The monoisotopic (exact) mass is 448 g/mol. The first-order valence-corrected chi connectivity index (χ1v) is 11.6. The summed E-state index contributed by atoms with van der Waals surface area (Å²) < 4.78 is 31.9. The molecule has 2 heterocycles. The highest BCUT2D eigenvalue weighted by atomic mass is 32.2. The first-order valence-electron chi connectivity index (χ1n) is 9.70. The molecule has 0 aromatic heterocycles. The predicted octanol–water partition coefficient (Wildman–Crippen LogP) is 1.39. The van der Waals surface area contributed by atoms with Crippen LogP contribution in [0.15, 0.2) is 58.5 Å². The molecular weight excluding hydrogens is 422 g/mol. The van der Waals surface area contributed by atoms with Crippen molar-refractivity contribution < 1.29 is 18.4 Å². The maximum atomic E-state index is 12.0. The minimum atomic E-state index is -3.48. The molecule has 1 saturated heterocycles. The van der Waals surface area contributed by atoms with E-state index in [9.17, 15) is 13.6 Å². The van der Waals surface area contributed by atoms with Crippen molar-refractivity contribution in [2.75, 3.05) is 44.3 Å². The number of hydrogen-bond donors (Lipinski definition) is 3. The lowest BCUT2D eigenvalue weighted by molar-refractivity contribution is 0.0532. The van der Waals surface area contributed by atoms with E-state index in [1.165, 1.54) is 12.1 Å². The normalized spacial score (nSPS) is 19.3. The summed E-state index contributed by atoms with van der Waals surface area (Å²) in [7, 11) is -3.48. The van der Waals surface area contributed by atoms with Gasteiger partial charge in [0.25, 0.3) is 0 Å². The first kappa shape index (κ1) is 22.8. The van der Waals surface area contributed by atoms with Gasteiger partial charge in [-0.1, -0.05) is 18.2 Å². The van der Waals surface area contributed by atoms with E-state index < -0.39 is 10.0 Å². The van der Waals surface area contributed by atoms with Gasteiger partial charge in [-0.25, -0.2) is 8.42 Å². The second kappa shape index (κ2) is 9.96. The van der Waals surface area contributed by atoms with E-state index in [4.69, 9.17) is 9.94 Å². The number of morpholine rings is 1. The van der Waals surface area contributed by atoms with Crippen molar-refractivity contribution in [3.63, 3.8) is 0 Å². The van der Waals surface area contributed by atoms with Crippen LogP contribution in [0.5, 0.6) is 0 Å². The fraction of sp³-hybridized carbons (Fsp3) is 0.350. The average Bonchev–Trinajstić information content (AvgIpc) is 3.18. The molecule has 1 aromatic carbocycles. The number of allylic oxidation sites excluding steroid dienone is 3. The number of hydrogen-bond acceptors (Lipinski definition) is 9. The van der Waals surface area contributed by atoms with Gasteiger partial charge in [0.15, 0.2) is 0 Å². The number of rotatable bonds is 7. The fourth-order valence-corrected chi connectivity index (χ4v) is 3.82. The second-order valence-electron chi connectivity index (χ2n) is 7.18. The Bertz CT molecular complexity index is 1020. The molecule has 0 aliphatic carbocycles.